The number of nitrogens with zero attached hydrogens (tertiary/aromatic N) is 3. The second-order valence-corrected chi connectivity index (χ2v) is 12.9. The average molecular weight is 614 g/mol. The van der Waals surface area contributed by atoms with Crippen LogP contribution in [0.25, 0.3) is 87.8 Å². The van der Waals surface area contributed by atoms with Crippen LogP contribution in [0.5, 0.6) is 0 Å². The third-order valence-electron chi connectivity index (χ3n) is 10.1. The summed E-state index contributed by atoms with van der Waals surface area (Å²) < 4.78 is 4.81. The van der Waals surface area contributed by atoms with Crippen molar-refractivity contribution in [1.29, 1.82) is 0 Å². The number of pyridine rings is 1. The first kappa shape index (κ1) is 27.0. The molecule has 10 rings (SSSR count). The molecule has 48 heavy (non-hydrogen) atoms. The molecule has 3 heterocycles. The summed E-state index contributed by atoms with van der Waals surface area (Å²) in [5.74, 6) is 0. The fourth-order valence-electron chi connectivity index (χ4n) is 8.04. The van der Waals surface area contributed by atoms with Crippen LogP contribution in [-0.2, 0) is 0 Å². The Hall–Kier alpha value is -6.19. The summed E-state index contributed by atoms with van der Waals surface area (Å²) in [6.45, 7) is 4.38. The van der Waals surface area contributed by atoms with Crippen LogP contribution >= 0.6 is 0 Å². The number of para-hydroxylation sites is 3. The number of benzene rings is 7. The van der Waals surface area contributed by atoms with Crippen molar-refractivity contribution in [1.82, 2.24) is 14.1 Å². The molecule has 0 radical (unpaired) electrons. The lowest BCUT2D eigenvalue weighted by Crippen LogP contribution is -1.95. The summed E-state index contributed by atoms with van der Waals surface area (Å²) in [7, 11) is 0. The zero-order valence-electron chi connectivity index (χ0n) is 26.8. The van der Waals surface area contributed by atoms with E-state index in [2.05, 4.69) is 169 Å². The second kappa shape index (κ2) is 10.2. The first-order chi connectivity index (χ1) is 23.7. The average Bonchev–Trinajstić information content (AvgIpc) is 3.63. The monoisotopic (exact) mass is 613 g/mol. The summed E-state index contributed by atoms with van der Waals surface area (Å²) in [6.07, 6.45) is 1.96. The molecule has 0 aliphatic rings. The fraction of sp³-hybridized carbons (Fsp3) is 0.0444. The van der Waals surface area contributed by atoms with Crippen LogP contribution in [0.15, 0.2) is 152 Å². The van der Waals surface area contributed by atoms with Crippen molar-refractivity contribution < 1.29 is 0 Å². The molecule has 0 unspecified atom stereocenters. The zero-order chi connectivity index (χ0) is 31.9. The Balaban J connectivity index is 1.35. The third kappa shape index (κ3) is 3.79. The smallest absolute Gasteiger partial charge is 0.0789 e. The number of aromatic nitrogens is 3. The van der Waals surface area contributed by atoms with Crippen LogP contribution in [0.4, 0.5) is 0 Å². The van der Waals surface area contributed by atoms with Gasteiger partial charge < -0.3 is 9.13 Å². The highest BCUT2D eigenvalue weighted by Gasteiger charge is 2.21. The molecule has 0 spiro atoms. The maximum atomic E-state index is 5.10. The number of aryl methyl sites for hydroxylation is 2. The van der Waals surface area contributed by atoms with E-state index in [1.807, 2.05) is 6.20 Å². The molecule has 3 aromatic heterocycles. The molecule has 0 atom stereocenters. The van der Waals surface area contributed by atoms with E-state index in [-0.39, 0.29) is 0 Å². The van der Waals surface area contributed by atoms with Crippen molar-refractivity contribution >= 4 is 65.3 Å². The van der Waals surface area contributed by atoms with E-state index in [0.717, 1.165) is 11.2 Å². The molecule has 226 valence electrons. The molecule has 3 heteroatoms. The zero-order valence-corrected chi connectivity index (χ0v) is 26.8. The quantitative estimate of drug-likeness (QED) is 0.182. The molecule has 0 saturated heterocycles. The number of rotatable bonds is 3. The summed E-state index contributed by atoms with van der Waals surface area (Å²) in [6, 6.07) is 53.1. The Morgan fingerprint density at radius 3 is 1.96 bits per heavy atom. The summed E-state index contributed by atoms with van der Waals surface area (Å²) >= 11 is 0. The Labute approximate surface area is 277 Å². The topological polar surface area (TPSA) is 22.8 Å². The van der Waals surface area contributed by atoms with Gasteiger partial charge in [0.25, 0.3) is 0 Å². The molecule has 10 aromatic rings. The minimum Gasteiger partial charge on any atom is -0.309 e. The van der Waals surface area contributed by atoms with E-state index >= 15 is 0 Å². The maximum absolute atomic E-state index is 5.10. The van der Waals surface area contributed by atoms with Crippen molar-refractivity contribution in [3.8, 4) is 22.5 Å². The molecule has 0 bridgehead atoms. The van der Waals surface area contributed by atoms with Gasteiger partial charge in [-0.25, -0.2) is 0 Å². The van der Waals surface area contributed by atoms with Crippen LogP contribution in [0.2, 0.25) is 0 Å². The Kier molecular flexibility index (Phi) is 5.71. The van der Waals surface area contributed by atoms with Crippen molar-refractivity contribution in [2.24, 2.45) is 0 Å². The van der Waals surface area contributed by atoms with Crippen molar-refractivity contribution in [2.75, 3.05) is 0 Å². The lowest BCUT2D eigenvalue weighted by molar-refractivity contribution is 1.17. The van der Waals surface area contributed by atoms with Gasteiger partial charge in [0.1, 0.15) is 0 Å². The third-order valence-corrected chi connectivity index (χ3v) is 10.1. The van der Waals surface area contributed by atoms with E-state index in [0.29, 0.717) is 0 Å². The van der Waals surface area contributed by atoms with Crippen molar-refractivity contribution in [3.05, 3.63) is 163 Å². The van der Waals surface area contributed by atoms with E-state index in [1.54, 1.807) is 0 Å². The minimum absolute atomic E-state index is 1.04. The second-order valence-electron chi connectivity index (χ2n) is 12.9. The Bertz CT molecular complexity index is 2910. The van der Waals surface area contributed by atoms with Gasteiger partial charge in [0.2, 0.25) is 0 Å². The highest BCUT2D eigenvalue weighted by molar-refractivity contribution is 6.23. The van der Waals surface area contributed by atoms with E-state index in [9.17, 15) is 0 Å². The van der Waals surface area contributed by atoms with E-state index in [4.69, 9.17) is 4.98 Å². The predicted octanol–water partition coefficient (Wildman–Crippen LogP) is 11.9. The van der Waals surface area contributed by atoms with E-state index in [1.165, 1.54) is 87.7 Å². The van der Waals surface area contributed by atoms with Gasteiger partial charge >= 0.3 is 0 Å². The Morgan fingerprint density at radius 2 is 1.12 bits per heavy atom. The molecule has 7 aromatic carbocycles. The lowest BCUT2D eigenvalue weighted by Gasteiger charge is -2.15. The van der Waals surface area contributed by atoms with Crippen LogP contribution < -0.4 is 0 Å². The first-order valence-electron chi connectivity index (χ1n) is 16.6. The van der Waals surface area contributed by atoms with Crippen molar-refractivity contribution in [3.63, 3.8) is 0 Å². The van der Waals surface area contributed by atoms with E-state index < -0.39 is 0 Å². The minimum atomic E-state index is 1.04. The van der Waals surface area contributed by atoms with Crippen LogP contribution in [0.3, 0.4) is 0 Å². The standard InChI is InChI=1S/C45H31N3/c1-28-12-10-15-32(24-28)48-39-19-8-6-16-33(39)37-27-36-30(26-42(37)48)25-38(43-29(2)22-23-46-45(36)43)34-18-11-21-41-44(34)35-17-7-9-20-40(35)47(41)31-13-4-3-5-14-31/h3-27H,1-2H3. The number of hydrogen-bond acceptors (Lipinski definition) is 1. The lowest BCUT2D eigenvalue weighted by atomic mass is 9.90. The van der Waals surface area contributed by atoms with Gasteiger partial charge in [-0.05, 0) is 108 Å². The summed E-state index contributed by atoms with van der Waals surface area (Å²) in [5, 5.41) is 8.56. The highest BCUT2D eigenvalue weighted by atomic mass is 15.0. The maximum Gasteiger partial charge on any atom is 0.0789 e. The van der Waals surface area contributed by atoms with Gasteiger partial charge in [-0.3, -0.25) is 4.98 Å². The molecule has 0 aliphatic carbocycles. The van der Waals surface area contributed by atoms with Gasteiger partial charge in [0.15, 0.2) is 0 Å². The first-order valence-corrected chi connectivity index (χ1v) is 16.6. The van der Waals surface area contributed by atoms with Crippen LogP contribution in [0, 0.1) is 13.8 Å². The molecular formula is C45H31N3. The van der Waals surface area contributed by atoms with Gasteiger partial charge in [-0.15, -0.1) is 0 Å². The molecule has 0 amide bonds. The van der Waals surface area contributed by atoms with Gasteiger partial charge in [0.05, 0.1) is 27.6 Å². The SMILES string of the molecule is Cc1cccc(-n2c3ccccc3c3cc4c(cc(-c5cccc6c5c5ccccc5n6-c5ccccc5)c5c(C)ccnc54)cc32)c1. The molecular weight excluding hydrogens is 583 g/mol. The normalized spacial score (nSPS) is 12.0. The molecule has 3 nitrogen and oxygen atoms in total. The van der Waals surface area contributed by atoms with Crippen molar-refractivity contribution in [2.45, 2.75) is 13.8 Å². The fourth-order valence-corrected chi connectivity index (χ4v) is 8.04. The summed E-state index contributed by atoms with van der Waals surface area (Å²) in [5.41, 5.74) is 13.1. The molecule has 0 aliphatic heterocycles. The predicted molar refractivity (Wildman–Crippen MR) is 203 cm³/mol. The highest BCUT2D eigenvalue weighted by Crippen LogP contribution is 2.44. The van der Waals surface area contributed by atoms with Gasteiger partial charge in [-0.2, -0.15) is 0 Å². The van der Waals surface area contributed by atoms with Crippen LogP contribution in [0.1, 0.15) is 11.1 Å². The summed E-state index contributed by atoms with van der Waals surface area (Å²) in [4.78, 5) is 5.10. The van der Waals surface area contributed by atoms with Gasteiger partial charge in [0, 0.05) is 49.9 Å². The molecule has 0 N–H and O–H groups in total. The number of hydrogen-bond donors (Lipinski definition) is 0. The molecule has 0 saturated carbocycles. The number of fused-ring (bicyclic) bond motifs is 9. The largest absolute Gasteiger partial charge is 0.309 e. The van der Waals surface area contributed by atoms with Crippen LogP contribution in [-0.4, -0.2) is 14.1 Å². The van der Waals surface area contributed by atoms with Gasteiger partial charge in [-0.1, -0.05) is 78.9 Å². The Morgan fingerprint density at radius 1 is 0.438 bits per heavy atom. The molecule has 0 fully saturated rings.